The minimum atomic E-state index is 0.0115. The molecule has 0 bridgehead atoms. The minimum Gasteiger partial charge on any atom is -0.464 e. The van der Waals surface area contributed by atoms with Gasteiger partial charge in [-0.15, -0.1) is 0 Å². The Morgan fingerprint density at radius 1 is 1.39 bits per heavy atom. The van der Waals surface area contributed by atoms with Crippen molar-refractivity contribution in [2.24, 2.45) is 5.11 Å². The largest absolute Gasteiger partial charge is 0.464 e. The van der Waals surface area contributed by atoms with Gasteiger partial charge < -0.3 is 14.4 Å². The van der Waals surface area contributed by atoms with Crippen molar-refractivity contribution in [2.75, 3.05) is 37.8 Å². The molecule has 1 fully saturated rings. The van der Waals surface area contributed by atoms with E-state index in [1.165, 1.54) is 0 Å². The van der Waals surface area contributed by atoms with Crippen LogP contribution in [0.5, 0.6) is 6.01 Å². The van der Waals surface area contributed by atoms with Crippen LogP contribution in [-0.2, 0) is 4.74 Å². The number of hydrogen-bond donors (Lipinski definition) is 0. The summed E-state index contributed by atoms with van der Waals surface area (Å²) >= 11 is 0. The van der Waals surface area contributed by atoms with E-state index >= 15 is 0 Å². The average molecular weight is 251 g/mol. The van der Waals surface area contributed by atoms with Crippen molar-refractivity contribution in [3.8, 4) is 6.01 Å². The lowest BCUT2D eigenvalue weighted by atomic mass is 10.4. The lowest BCUT2D eigenvalue weighted by Crippen LogP contribution is -2.37. The van der Waals surface area contributed by atoms with E-state index < -0.39 is 0 Å². The Balaban J connectivity index is 2.29. The van der Waals surface area contributed by atoms with Crippen molar-refractivity contribution in [3.05, 3.63) is 10.4 Å². The maximum absolute atomic E-state index is 8.43. The Labute approximate surface area is 103 Å². The molecule has 9 nitrogen and oxygen atoms in total. The van der Waals surface area contributed by atoms with Crippen LogP contribution >= 0.6 is 0 Å². The SMILES string of the molecule is CCOc1nc(N=[N+]=[N-])nc(N2CCOCC2)n1. The van der Waals surface area contributed by atoms with Crippen LogP contribution in [0.15, 0.2) is 5.11 Å². The molecule has 1 aromatic heterocycles. The van der Waals surface area contributed by atoms with Gasteiger partial charge in [0, 0.05) is 18.0 Å². The van der Waals surface area contributed by atoms with Crippen LogP contribution in [0.2, 0.25) is 0 Å². The summed E-state index contributed by atoms with van der Waals surface area (Å²) in [6.45, 7) is 4.86. The molecule has 18 heavy (non-hydrogen) atoms. The molecule has 0 radical (unpaired) electrons. The highest BCUT2D eigenvalue weighted by molar-refractivity contribution is 5.35. The van der Waals surface area contributed by atoms with E-state index in [0.717, 1.165) is 0 Å². The maximum Gasteiger partial charge on any atom is 0.321 e. The molecule has 0 aliphatic carbocycles. The van der Waals surface area contributed by atoms with Crippen molar-refractivity contribution >= 4 is 11.9 Å². The first-order valence-electron chi connectivity index (χ1n) is 5.60. The van der Waals surface area contributed by atoms with Gasteiger partial charge in [-0.3, -0.25) is 0 Å². The van der Waals surface area contributed by atoms with Gasteiger partial charge in [0.15, 0.2) is 0 Å². The van der Waals surface area contributed by atoms with E-state index in [0.29, 0.717) is 38.9 Å². The van der Waals surface area contributed by atoms with Crippen LogP contribution in [-0.4, -0.2) is 47.9 Å². The second-order valence-corrected chi connectivity index (χ2v) is 3.44. The first kappa shape index (κ1) is 12.3. The predicted molar refractivity (Wildman–Crippen MR) is 62.8 cm³/mol. The van der Waals surface area contributed by atoms with Crippen molar-refractivity contribution < 1.29 is 9.47 Å². The van der Waals surface area contributed by atoms with Gasteiger partial charge in [-0.1, -0.05) is 0 Å². The van der Waals surface area contributed by atoms with Crippen molar-refractivity contribution in [3.63, 3.8) is 0 Å². The highest BCUT2D eigenvalue weighted by atomic mass is 16.5. The Hall–Kier alpha value is -2.12. The van der Waals surface area contributed by atoms with Gasteiger partial charge in [0.25, 0.3) is 0 Å². The maximum atomic E-state index is 8.43. The summed E-state index contributed by atoms with van der Waals surface area (Å²) in [5.41, 5.74) is 8.43. The Kier molecular flexibility index (Phi) is 4.11. The predicted octanol–water partition coefficient (Wildman–Crippen LogP) is 1.05. The molecule has 0 atom stereocenters. The number of rotatable bonds is 4. The third kappa shape index (κ3) is 2.96. The molecule has 9 heteroatoms. The number of aromatic nitrogens is 3. The van der Waals surface area contributed by atoms with Gasteiger partial charge in [-0.25, -0.2) is 0 Å². The number of morpholine rings is 1. The molecule has 0 saturated carbocycles. The second kappa shape index (κ2) is 5.99. The van der Waals surface area contributed by atoms with Gasteiger partial charge in [0.05, 0.1) is 19.8 Å². The minimum absolute atomic E-state index is 0.0115. The second-order valence-electron chi connectivity index (χ2n) is 3.44. The molecular formula is C9H13N7O2. The van der Waals surface area contributed by atoms with Crippen LogP contribution in [0, 0.1) is 0 Å². The van der Waals surface area contributed by atoms with E-state index in [9.17, 15) is 0 Å². The quantitative estimate of drug-likeness (QED) is 0.449. The summed E-state index contributed by atoms with van der Waals surface area (Å²) in [4.78, 5) is 16.7. The summed E-state index contributed by atoms with van der Waals surface area (Å²) in [5, 5.41) is 3.39. The van der Waals surface area contributed by atoms with Gasteiger partial charge >= 0.3 is 6.01 Å². The molecule has 1 aliphatic rings. The van der Waals surface area contributed by atoms with Crippen LogP contribution in [0.3, 0.4) is 0 Å². The van der Waals surface area contributed by atoms with Crippen molar-refractivity contribution in [1.82, 2.24) is 15.0 Å². The topological polar surface area (TPSA) is 109 Å². The van der Waals surface area contributed by atoms with Crippen LogP contribution in [0.4, 0.5) is 11.9 Å². The number of hydrogen-bond acceptors (Lipinski definition) is 7. The summed E-state index contributed by atoms with van der Waals surface area (Å²) < 4.78 is 10.5. The first-order valence-corrected chi connectivity index (χ1v) is 5.60. The molecule has 1 saturated heterocycles. The standard InChI is InChI=1S/C9H13N7O2/c1-2-18-9-12-7(14-15-10)11-8(13-9)16-3-5-17-6-4-16/h2-6H2,1H3. The molecule has 2 rings (SSSR count). The molecular weight excluding hydrogens is 238 g/mol. The molecule has 0 amide bonds. The summed E-state index contributed by atoms with van der Waals surface area (Å²) in [6, 6.07) is 0.163. The lowest BCUT2D eigenvalue weighted by molar-refractivity contribution is 0.122. The fourth-order valence-corrected chi connectivity index (χ4v) is 1.52. The number of nitrogens with zero attached hydrogens (tertiary/aromatic N) is 7. The number of ether oxygens (including phenoxy) is 2. The van der Waals surface area contributed by atoms with Crippen LogP contribution in [0.25, 0.3) is 10.4 Å². The molecule has 0 aromatic carbocycles. The van der Waals surface area contributed by atoms with Gasteiger partial charge in [0.1, 0.15) is 0 Å². The average Bonchev–Trinajstić information content (AvgIpc) is 2.40. The van der Waals surface area contributed by atoms with Crippen LogP contribution < -0.4 is 9.64 Å². The van der Waals surface area contributed by atoms with Crippen molar-refractivity contribution in [2.45, 2.75) is 6.92 Å². The van der Waals surface area contributed by atoms with Gasteiger partial charge in [-0.05, 0) is 17.6 Å². The Bertz CT molecular complexity index is 454. The zero-order chi connectivity index (χ0) is 12.8. The molecule has 2 heterocycles. The summed E-state index contributed by atoms with van der Waals surface area (Å²) in [7, 11) is 0. The zero-order valence-electron chi connectivity index (χ0n) is 9.98. The Morgan fingerprint density at radius 3 is 2.83 bits per heavy atom. The lowest BCUT2D eigenvalue weighted by Gasteiger charge is -2.26. The Morgan fingerprint density at radius 2 is 2.17 bits per heavy atom. The monoisotopic (exact) mass is 251 g/mol. The highest BCUT2D eigenvalue weighted by Crippen LogP contribution is 2.17. The first-order chi connectivity index (χ1) is 8.83. The fourth-order valence-electron chi connectivity index (χ4n) is 1.52. The molecule has 1 aromatic rings. The zero-order valence-corrected chi connectivity index (χ0v) is 9.98. The van der Waals surface area contributed by atoms with Crippen molar-refractivity contribution in [1.29, 1.82) is 0 Å². The molecule has 96 valence electrons. The van der Waals surface area contributed by atoms with Crippen LogP contribution in [0.1, 0.15) is 6.92 Å². The molecule has 0 spiro atoms. The molecule has 0 unspecified atom stereocenters. The number of azide groups is 1. The normalized spacial score (nSPS) is 15.1. The van der Waals surface area contributed by atoms with Gasteiger partial charge in [0.2, 0.25) is 11.9 Å². The van der Waals surface area contributed by atoms with E-state index in [4.69, 9.17) is 15.0 Å². The number of anilines is 1. The van der Waals surface area contributed by atoms with E-state index in [-0.39, 0.29) is 12.0 Å². The van der Waals surface area contributed by atoms with E-state index in [1.54, 1.807) is 0 Å². The van der Waals surface area contributed by atoms with Gasteiger partial charge in [-0.2, -0.15) is 15.0 Å². The molecule has 0 N–H and O–H groups in total. The highest BCUT2D eigenvalue weighted by Gasteiger charge is 2.16. The summed E-state index contributed by atoms with van der Waals surface area (Å²) in [5.74, 6) is 0.455. The third-order valence-corrected chi connectivity index (χ3v) is 2.29. The summed E-state index contributed by atoms with van der Waals surface area (Å²) in [6.07, 6.45) is 0. The van der Waals surface area contributed by atoms with E-state index in [2.05, 4.69) is 25.0 Å². The van der Waals surface area contributed by atoms with E-state index in [1.807, 2.05) is 11.8 Å². The smallest absolute Gasteiger partial charge is 0.321 e. The fraction of sp³-hybridized carbons (Fsp3) is 0.667. The molecule has 1 aliphatic heterocycles. The third-order valence-electron chi connectivity index (χ3n) is 2.29.